The molecule has 0 bridgehead atoms. The van der Waals surface area contributed by atoms with Gasteiger partial charge in [0.25, 0.3) is 0 Å². The van der Waals surface area contributed by atoms with Crippen molar-refractivity contribution in [2.45, 2.75) is 0 Å². The van der Waals surface area contributed by atoms with Gasteiger partial charge in [-0.15, -0.1) is 0 Å². The summed E-state index contributed by atoms with van der Waals surface area (Å²) in [6, 6.07) is 0. The van der Waals surface area contributed by atoms with Crippen molar-refractivity contribution in [1.82, 2.24) is 5.32 Å². The van der Waals surface area contributed by atoms with Crippen molar-refractivity contribution in [3.63, 3.8) is 0 Å². The maximum Gasteiger partial charge on any atom is 0.207 e. The molecule has 0 aromatic carbocycles. The van der Waals surface area contributed by atoms with Crippen LogP contribution in [0.3, 0.4) is 0 Å². The molecule has 2 nitrogen and oxygen atoms in total. The van der Waals surface area contributed by atoms with E-state index in [1.54, 1.807) is 0 Å². The summed E-state index contributed by atoms with van der Waals surface area (Å²) in [6.07, 6.45) is 0. The van der Waals surface area contributed by atoms with E-state index in [1.165, 1.54) is 11.8 Å². The average Bonchev–Trinajstić information content (AvgIpc) is 1.64. The number of rotatable bonds is 0. The van der Waals surface area contributed by atoms with Gasteiger partial charge in [-0.2, -0.15) is 0 Å². The Labute approximate surface area is 57.0 Å². The molecule has 1 aliphatic heterocycles. The highest BCUT2D eigenvalue weighted by Crippen LogP contribution is 2.07. The van der Waals surface area contributed by atoms with Crippen LogP contribution < -0.4 is 5.32 Å². The van der Waals surface area contributed by atoms with Crippen molar-refractivity contribution in [3.8, 4) is 0 Å². The number of carbonyl (C=O) groups is 1. The van der Waals surface area contributed by atoms with E-state index in [4.69, 9.17) is 12.2 Å². The molecular weight excluding hydrogens is 142 g/mol. The lowest BCUT2D eigenvalue weighted by atomic mass is 10.6. The molecule has 0 atom stereocenters. The van der Waals surface area contributed by atoms with Gasteiger partial charge in [-0.05, 0) is 11.8 Å². The van der Waals surface area contributed by atoms with Crippen LogP contribution in [-0.4, -0.2) is 22.4 Å². The van der Waals surface area contributed by atoms with Crippen LogP contribution in [-0.2, 0) is 4.79 Å². The number of hydrogen-bond acceptors (Lipinski definition) is 4. The molecule has 8 heavy (non-hydrogen) atoms. The van der Waals surface area contributed by atoms with Crippen molar-refractivity contribution < 1.29 is 4.79 Å². The van der Waals surface area contributed by atoms with Crippen LogP contribution in [0.4, 0.5) is 0 Å². The minimum atomic E-state index is 0.126. The summed E-state index contributed by atoms with van der Waals surface area (Å²) in [7, 11) is 0. The predicted molar refractivity (Wildman–Crippen MR) is 38.1 cm³/mol. The van der Waals surface area contributed by atoms with Gasteiger partial charge in [-0.1, -0.05) is 12.2 Å². The van der Waals surface area contributed by atoms with Gasteiger partial charge >= 0.3 is 0 Å². The second-order valence-electron chi connectivity index (χ2n) is 1.45. The normalized spacial score (nSPS) is 21.5. The van der Waals surface area contributed by atoms with E-state index in [1.807, 2.05) is 0 Å². The molecule has 1 heterocycles. The maximum absolute atomic E-state index is 10.5. The lowest BCUT2D eigenvalue weighted by Gasteiger charge is -2.09. The zero-order valence-corrected chi connectivity index (χ0v) is 5.77. The van der Waals surface area contributed by atoms with E-state index >= 15 is 0 Å². The van der Waals surface area contributed by atoms with Crippen molar-refractivity contribution in [2.24, 2.45) is 0 Å². The quantitative estimate of drug-likeness (QED) is 0.495. The van der Waals surface area contributed by atoms with Crippen LogP contribution in [0.2, 0.25) is 0 Å². The van der Waals surface area contributed by atoms with E-state index in [9.17, 15) is 4.79 Å². The smallest absolute Gasteiger partial charge is 0.207 e. The second kappa shape index (κ2) is 2.57. The van der Waals surface area contributed by atoms with E-state index in [-0.39, 0.29) is 5.12 Å². The predicted octanol–water partition coefficient (Wildman–Crippen LogP) is 0.177. The van der Waals surface area contributed by atoms with E-state index < -0.39 is 0 Å². The fourth-order valence-corrected chi connectivity index (χ4v) is 1.45. The molecule has 44 valence electrons. The van der Waals surface area contributed by atoms with Gasteiger partial charge in [-0.25, -0.2) is 0 Å². The summed E-state index contributed by atoms with van der Waals surface area (Å²) in [6.45, 7) is 1.16. The van der Waals surface area contributed by atoms with E-state index in [2.05, 4.69) is 5.32 Å². The Balaban J connectivity index is 2.45. The first-order valence-electron chi connectivity index (χ1n) is 2.23. The molecule has 0 radical (unpaired) electrons. The van der Waals surface area contributed by atoms with Crippen LogP contribution in [0.1, 0.15) is 0 Å². The Morgan fingerprint density at radius 1 is 1.62 bits per heavy atom. The summed E-state index contributed by atoms with van der Waals surface area (Å²) < 4.78 is 0.751. The van der Waals surface area contributed by atoms with Gasteiger partial charge in [0.2, 0.25) is 5.12 Å². The number of nitrogens with one attached hydrogen (secondary N) is 1. The average molecular weight is 147 g/mol. The summed E-state index contributed by atoms with van der Waals surface area (Å²) in [5, 5.41) is 3.00. The number of thiocarbonyl (C=S) groups is 1. The minimum absolute atomic E-state index is 0.126. The van der Waals surface area contributed by atoms with Crippen LogP contribution in [0, 0.1) is 0 Å². The van der Waals surface area contributed by atoms with Crippen molar-refractivity contribution >= 4 is 33.3 Å². The van der Waals surface area contributed by atoms with E-state index in [0.29, 0.717) is 13.1 Å². The molecule has 0 saturated carbocycles. The summed E-state index contributed by atoms with van der Waals surface area (Å²) in [5.74, 6) is 0. The largest absolute Gasteiger partial charge is 0.304 e. The molecule has 1 saturated heterocycles. The zero-order chi connectivity index (χ0) is 5.98. The number of hydrogen-bond donors (Lipinski definition) is 1. The fraction of sp³-hybridized carbons (Fsp3) is 0.500. The lowest BCUT2D eigenvalue weighted by Crippen LogP contribution is -2.31. The number of carbonyl (C=O) groups excluding carboxylic acids is 1. The first-order valence-corrected chi connectivity index (χ1v) is 3.46. The maximum atomic E-state index is 10.5. The highest BCUT2D eigenvalue weighted by molar-refractivity contribution is 8.33. The molecule has 1 N–H and O–H groups in total. The SMILES string of the molecule is O=C1CNCC(=S)S1. The molecule has 0 unspecified atom stereocenters. The third kappa shape index (κ3) is 1.54. The molecule has 0 amide bonds. The van der Waals surface area contributed by atoms with Crippen LogP contribution in [0.5, 0.6) is 0 Å². The van der Waals surface area contributed by atoms with Crippen LogP contribution in [0.15, 0.2) is 0 Å². The Morgan fingerprint density at radius 3 is 2.75 bits per heavy atom. The second-order valence-corrected chi connectivity index (χ2v) is 3.35. The van der Waals surface area contributed by atoms with E-state index in [0.717, 1.165) is 4.20 Å². The third-order valence-electron chi connectivity index (χ3n) is 0.766. The molecule has 1 fully saturated rings. The lowest BCUT2D eigenvalue weighted by molar-refractivity contribution is -0.110. The first-order chi connectivity index (χ1) is 3.79. The van der Waals surface area contributed by atoms with Crippen molar-refractivity contribution in [1.29, 1.82) is 0 Å². The standard InChI is InChI=1S/C4H5NOS2/c6-3-1-5-2-4(7)8-3/h5H,1-2H2. The molecule has 0 aromatic rings. The molecule has 0 spiro atoms. The summed E-state index contributed by atoms with van der Waals surface area (Å²) in [4.78, 5) is 10.5. The van der Waals surface area contributed by atoms with Gasteiger partial charge in [0, 0.05) is 6.54 Å². The van der Waals surface area contributed by atoms with Gasteiger partial charge in [-0.3, -0.25) is 4.79 Å². The summed E-state index contributed by atoms with van der Waals surface area (Å²) >= 11 is 5.93. The summed E-state index contributed by atoms with van der Waals surface area (Å²) in [5.41, 5.74) is 0. The van der Waals surface area contributed by atoms with Crippen molar-refractivity contribution in [3.05, 3.63) is 0 Å². The Hall–Kier alpha value is 0.0700. The van der Waals surface area contributed by atoms with Gasteiger partial charge < -0.3 is 5.32 Å². The molecule has 1 aliphatic rings. The van der Waals surface area contributed by atoms with Crippen LogP contribution >= 0.6 is 24.0 Å². The highest BCUT2D eigenvalue weighted by Gasteiger charge is 2.11. The molecule has 4 heteroatoms. The third-order valence-corrected chi connectivity index (χ3v) is 1.90. The van der Waals surface area contributed by atoms with Gasteiger partial charge in [0.15, 0.2) is 0 Å². The molecular formula is C4H5NOS2. The fourth-order valence-electron chi connectivity index (χ4n) is 0.466. The Bertz CT molecular complexity index is 120. The number of thioether (sulfide) groups is 1. The van der Waals surface area contributed by atoms with Gasteiger partial charge in [0.05, 0.1) is 10.7 Å². The highest BCUT2D eigenvalue weighted by atomic mass is 32.2. The Kier molecular flexibility index (Phi) is 1.99. The van der Waals surface area contributed by atoms with Crippen LogP contribution in [0.25, 0.3) is 0 Å². The Morgan fingerprint density at radius 2 is 2.38 bits per heavy atom. The van der Waals surface area contributed by atoms with Gasteiger partial charge in [0.1, 0.15) is 0 Å². The van der Waals surface area contributed by atoms with Crippen molar-refractivity contribution in [2.75, 3.05) is 13.1 Å². The topological polar surface area (TPSA) is 29.1 Å². The monoisotopic (exact) mass is 147 g/mol. The molecule has 0 aliphatic carbocycles. The minimum Gasteiger partial charge on any atom is -0.304 e. The first kappa shape index (κ1) is 6.19. The molecule has 0 aromatic heterocycles. The zero-order valence-electron chi connectivity index (χ0n) is 4.14. The molecule has 1 rings (SSSR count).